The maximum Gasteiger partial charge on any atom is 0.534 e. The number of piperidine rings is 1. The Labute approximate surface area is 195 Å². The van der Waals surface area contributed by atoms with Crippen LogP contribution in [0, 0.1) is 18.3 Å². The highest BCUT2D eigenvalue weighted by Gasteiger charge is 2.49. The molecule has 1 fully saturated rings. The number of ketones is 1. The summed E-state index contributed by atoms with van der Waals surface area (Å²) in [6, 6.07) is 6.58. The Bertz CT molecular complexity index is 1230. The standard InChI is InChI=1S/C23H26F3NO6S/c1-13-16-9-7-15(12-14(16)8-10-18(13)33-34(31,32)23(24,25)26)19(28)17-6-5-11-27(21(29)30)20(17)22(2,3)4/h7-10,12,17,20H,5-6,11H2,1-4H3,(H,29,30). The van der Waals surface area contributed by atoms with Gasteiger partial charge in [-0.25, -0.2) is 4.79 Å². The SMILES string of the molecule is Cc1c(OS(=O)(=O)C(F)(F)F)ccc2cc(C(=O)C3CCCN(C(=O)O)C3C(C)(C)C)ccc12. The van der Waals surface area contributed by atoms with Crippen LogP contribution < -0.4 is 4.18 Å². The van der Waals surface area contributed by atoms with Crippen LogP contribution in [0.5, 0.6) is 5.75 Å². The van der Waals surface area contributed by atoms with Crippen molar-refractivity contribution in [1.82, 2.24) is 4.90 Å². The van der Waals surface area contributed by atoms with Crippen LogP contribution in [-0.4, -0.2) is 48.4 Å². The highest BCUT2D eigenvalue weighted by atomic mass is 32.2. The summed E-state index contributed by atoms with van der Waals surface area (Å²) >= 11 is 0. The molecule has 2 atom stereocenters. The third-order valence-corrected chi connectivity index (χ3v) is 7.07. The first-order valence-electron chi connectivity index (χ1n) is 10.6. The molecule has 0 saturated carbocycles. The number of hydrogen-bond acceptors (Lipinski definition) is 5. The molecule has 2 aromatic rings. The fourth-order valence-corrected chi connectivity index (χ4v) is 5.16. The Morgan fingerprint density at radius 1 is 1.12 bits per heavy atom. The summed E-state index contributed by atoms with van der Waals surface area (Å²) in [5.41, 5.74) is -5.53. The minimum Gasteiger partial charge on any atom is -0.465 e. The number of amides is 1. The molecule has 2 aromatic carbocycles. The summed E-state index contributed by atoms with van der Waals surface area (Å²) in [4.78, 5) is 26.6. The van der Waals surface area contributed by atoms with Crippen LogP contribution in [0.25, 0.3) is 10.8 Å². The molecule has 0 aromatic heterocycles. The van der Waals surface area contributed by atoms with Gasteiger partial charge in [-0.15, -0.1) is 0 Å². The van der Waals surface area contributed by atoms with Gasteiger partial charge in [0.15, 0.2) is 5.78 Å². The number of hydrogen-bond donors (Lipinski definition) is 1. The zero-order valence-corrected chi connectivity index (χ0v) is 20.0. The van der Waals surface area contributed by atoms with Gasteiger partial charge in [-0.2, -0.15) is 21.6 Å². The lowest BCUT2D eigenvalue weighted by atomic mass is 9.71. The molecule has 1 heterocycles. The smallest absolute Gasteiger partial charge is 0.465 e. The predicted octanol–water partition coefficient (Wildman–Crippen LogP) is 5.36. The lowest BCUT2D eigenvalue weighted by Gasteiger charge is -2.46. The highest BCUT2D eigenvalue weighted by Crippen LogP contribution is 2.39. The van der Waals surface area contributed by atoms with E-state index in [1.807, 2.05) is 20.8 Å². The van der Waals surface area contributed by atoms with E-state index >= 15 is 0 Å². The summed E-state index contributed by atoms with van der Waals surface area (Å²) in [6.45, 7) is 7.44. The van der Waals surface area contributed by atoms with E-state index in [2.05, 4.69) is 4.18 Å². The van der Waals surface area contributed by atoms with Gasteiger partial charge in [0.1, 0.15) is 5.75 Å². The fraction of sp³-hybridized carbons (Fsp3) is 0.478. The van der Waals surface area contributed by atoms with Gasteiger partial charge in [0.2, 0.25) is 0 Å². The van der Waals surface area contributed by atoms with Crippen LogP contribution in [0.1, 0.15) is 49.5 Å². The Morgan fingerprint density at radius 3 is 2.32 bits per heavy atom. The average molecular weight is 502 g/mol. The van der Waals surface area contributed by atoms with Gasteiger partial charge in [0, 0.05) is 29.6 Å². The van der Waals surface area contributed by atoms with E-state index in [4.69, 9.17) is 0 Å². The van der Waals surface area contributed by atoms with Gasteiger partial charge in [-0.3, -0.25) is 4.79 Å². The maximum absolute atomic E-state index is 13.5. The molecular formula is C23H26F3NO6S. The lowest BCUT2D eigenvalue weighted by Crippen LogP contribution is -2.56. The highest BCUT2D eigenvalue weighted by molar-refractivity contribution is 7.88. The average Bonchev–Trinajstić information content (AvgIpc) is 2.72. The lowest BCUT2D eigenvalue weighted by molar-refractivity contribution is -0.0500. The number of nitrogens with zero attached hydrogens (tertiary/aromatic N) is 1. The van der Waals surface area contributed by atoms with Gasteiger partial charge < -0.3 is 14.2 Å². The molecule has 1 N–H and O–H groups in total. The minimum absolute atomic E-state index is 0.173. The van der Waals surface area contributed by atoms with E-state index in [1.165, 1.54) is 30.0 Å². The van der Waals surface area contributed by atoms with Crippen LogP contribution in [0.4, 0.5) is 18.0 Å². The summed E-state index contributed by atoms with van der Waals surface area (Å²) in [5, 5.41) is 10.6. The summed E-state index contributed by atoms with van der Waals surface area (Å²) < 4.78 is 65.1. The zero-order chi connectivity index (χ0) is 25.6. The molecule has 7 nitrogen and oxygen atoms in total. The van der Waals surface area contributed by atoms with E-state index in [9.17, 15) is 36.3 Å². The third-order valence-electron chi connectivity index (χ3n) is 6.11. The number of carboxylic acid groups (broad SMARTS) is 1. The summed E-state index contributed by atoms with van der Waals surface area (Å²) in [7, 11) is -5.82. The summed E-state index contributed by atoms with van der Waals surface area (Å²) in [5.74, 6) is -1.23. The van der Waals surface area contributed by atoms with Crippen molar-refractivity contribution in [1.29, 1.82) is 0 Å². The first-order chi connectivity index (χ1) is 15.5. The molecule has 0 radical (unpaired) electrons. The Hall–Kier alpha value is -2.82. The molecule has 0 bridgehead atoms. The quantitative estimate of drug-likeness (QED) is 0.344. The van der Waals surface area contributed by atoms with Gasteiger partial charge in [-0.05, 0) is 48.1 Å². The van der Waals surface area contributed by atoms with Crippen molar-refractivity contribution < 1.29 is 40.5 Å². The first-order valence-corrected chi connectivity index (χ1v) is 12.0. The number of carbonyl (C=O) groups is 2. The first kappa shape index (κ1) is 25.8. The van der Waals surface area contributed by atoms with Crippen molar-refractivity contribution >= 4 is 32.8 Å². The van der Waals surface area contributed by atoms with E-state index < -0.39 is 44.8 Å². The number of fused-ring (bicyclic) bond motifs is 1. The topological polar surface area (TPSA) is 101 Å². The number of aryl methyl sites for hydroxylation is 1. The van der Waals surface area contributed by atoms with E-state index in [0.29, 0.717) is 35.7 Å². The molecule has 2 unspecified atom stereocenters. The van der Waals surface area contributed by atoms with Gasteiger partial charge in [0.25, 0.3) is 0 Å². The van der Waals surface area contributed by atoms with Crippen LogP contribution in [0.2, 0.25) is 0 Å². The molecule has 1 amide bonds. The predicted molar refractivity (Wildman–Crippen MR) is 119 cm³/mol. The largest absolute Gasteiger partial charge is 0.534 e. The number of benzene rings is 2. The molecule has 0 spiro atoms. The molecular weight excluding hydrogens is 475 g/mol. The molecule has 1 aliphatic rings. The zero-order valence-electron chi connectivity index (χ0n) is 19.1. The van der Waals surface area contributed by atoms with Crippen molar-refractivity contribution in [2.45, 2.75) is 52.1 Å². The van der Waals surface area contributed by atoms with E-state index in [0.717, 1.165) is 6.07 Å². The van der Waals surface area contributed by atoms with Crippen molar-refractivity contribution in [3.05, 3.63) is 41.5 Å². The van der Waals surface area contributed by atoms with Crippen LogP contribution >= 0.6 is 0 Å². The molecule has 11 heteroatoms. The third kappa shape index (κ3) is 4.84. The monoisotopic (exact) mass is 501 g/mol. The molecule has 34 heavy (non-hydrogen) atoms. The maximum atomic E-state index is 13.5. The van der Waals surface area contributed by atoms with Gasteiger partial charge >= 0.3 is 21.7 Å². The summed E-state index contributed by atoms with van der Waals surface area (Å²) in [6.07, 6.45) is 0.00736. The fourth-order valence-electron chi connectivity index (χ4n) is 4.64. The number of Topliss-reactive ketones (excluding diaryl/α,β-unsaturated/α-hetero) is 1. The van der Waals surface area contributed by atoms with Gasteiger partial charge in [-0.1, -0.05) is 39.0 Å². The molecule has 186 valence electrons. The van der Waals surface area contributed by atoms with E-state index in [1.54, 1.807) is 6.07 Å². The second kappa shape index (κ2) is 8.75. The minimum atomic E-state index is -5.82. The van der Waals surface area contributed by atoms with Crippen LogP contribution in [-0.2, 0) is 10.1 Å². The van der Waals surface area contributed by atoms with Crippen molar-refractivity contribution in [2.24, 2.45) is 11.3 Å². The molecule has 3 rings (SSSR count). The number of likely N-dealkylation sites (tertiary alicyclic amines) is 1. The second-order valence-electron chi connectivity index (χ2n) is 9.51. The Kier molecular flexibility index (Phi) is 6.64. The van der Waals surface area contributed by atoms with E-state index in [-0.39, 0.29) is 11.3 Å². The Morgan fingerprint density at radius 2 is 1.76 bits per heavy atom. The van der Waals surface area contributed by atoms with Crippen molar-refractivity contribution in [3.8, 4) is 5.75 Å². The van der Waals surface area contributed by atoms with Crippen molar-refractivity contribution in [3.63, 3.8) is 0 Å². The number of rotatable bonds is 4. The molecule has 0 aliphatic carbocycles. The second-order valence-corrected chi connectivity index (χ2v) is 11.0. The number of halogens is 3. The molecule has 1 saturated heterocycles. The Balaban J connectivity index is 1.98. The van der Waals surface area contributed by atoms with Crippen molar-refractivity contribution in [2.75, 3.05) is 6.54 Å². The van der Waals surface area contributed by atoms with Crippen LogP contribution in [0.3, 0.4) is 0 Å². The molecule has 1 aliphatic heterocycles. The van der Waals surface area contributed by atoms with Crippen LogP contribution in [0.15, 0.2) is 30.3 Å². The number of alkyl halides is 3. The number of carbonyl (C=O) groups excluding carboxylic acids is 1. The normalized spacial score (nSPS) is 19.8. The van der Waals surface area contributed by atoms with Gasteiger partial charge in [0.05, 0.1) is 0 Å².